The maximum Gasteiger partial charge on any atom is 0.248 e. The van der Waals surface area contributed by atoms with E-state index in [1.54, 1.807) is 31.2 Å². The summed E-state index contributed by atoms with van der Waals surface area (Å²) in [5.41, 5.74) is 3.00. The van der Waals surface area contributed by atoms with Gasteiger partial charge in [-0.2, -0.15) is 0 Å². The van der Waals surface area contributed by atoms with Crippen molar-refractivity contribution in [3.8, 4) is 5.75 Å². The van der Waals surface area contributed by atoms with Crippen LogP contribution in [0.25, 0.3) is 0 Å². The predicted octanol–water partition coefficient (Wildman–Crippen LogP) is 3.50. The number of hydrogen-bond donors (Lipinski definition) is 1. The van der Waals surface area contributed by atoms with E-state index in [1.807, 2.05) is 39.0 Å². The zero-order valence-electron chi connectivity index (χ0n) is 16.3. The number of sulfonamides is 1. The third-order valence-electron chi connectivity index (χ3n) is 4.14. The van der Waals surface area contributed by atoms with Gasteiger partial charge in [-0.3, -0.25) is 9.10 Å². The van der Waals surface area contributed by atoms with Gasteiger partial charge in [-0.25, -0.2) is 8.42 Å². The van der Waals surface area contributed by atoms with E-state index in [4.69, 9.17) is 4.74 Å². The number of benzene rings is 2. The van der Waals surface area contributed by atoms with E-state index in [-0.39, 0.29) is 0 Å². The summed E-state index contributed by atoms with van der Waals surface area (Å²) in [6, 6.07) is 11.5. The molecule has 1 atom stereocenters. The molecule has 6 nitrogen and oxygen atoms in total. The van der Waals surface area contributed by atoms with Crippen LogP contribution in [0.1, 0.15) is 25.0 Å². The molecule has 0 spiro atoms. The molecule has 0 unspecified atom stereocenters. The van der Waals surface area contributed by atoms with Crippen LogP contribution in [0.15, 0.2) is 42.5 Å². The highest BCUT2D eigenvalue weighted by Gasteiger charge is 2.29. The molecule has 0 aromatic heterocycles. The van der Waals surface area contributed by atoms with Crippen LogP contribution in [0.5, 0.6) is 5.75 Å². The molecule has 2 aromatic carbocycles. The summed E-state index contributed by atoms with van der Waals surface area (Å²) in [7, 11) is -3.67. The Kier molecular flexibility index (Phi) is 6.49. The van der Waals surface area contributed by atoms with E-state index in [1.165, 1.54) is 0 Å². The average molecular weight is 391 g/mol. The largest absolute Gasteiger partial charge is 0.494 e. The summed E-state index contributed by atoms with van der Waals surface area (Å²) >= 11 is 0. The molecule has 0 bridgehead atoms. The summed E-state index contributed by atoms with van der Waals surface area (Å²) in [6.07, 6.45) is 1.09. The Hall–Kier alpha value is -2.54. The van der Waals surface area contributed by atoms with Gasteiger partial charge in [0.1, 0.15) is 11.8 Å². The molecule has 1 amide bonds. The number of aryl methyl sites for hydroxylation is 2. The van der Waals surface area contributed by atoms with Crippen molar-refractivity contribution < 1.29 is 17.9 Å². The van der Waals surface area contributed by atoms with E-state index in [0.29, 0.717) is 23.7 Å². The molecule has 27 heavy (non-hydrogen) atoms. The molecule has 0 aliphatic heterocycles. The molecule has 2 rings (SSSR count). The highest BCUT2D eigenvalue weighted by Crippen LogP contribution is 2.25. The van der Waals surface area contributed by atoms with Crippen molar-refractivity contribution in [1.82, 2.24) is 0 Å². The average Bonchev–Trinajstić information content (AvgIpc) is 2.59. The fourth-order valence-corrected chi connectivity index (χ4v) is 3.95. The number of rotatable bonds is 7. The minimum absolute atomic E-state index is 0.400. The van der Waals surface area contributed by atoms with Crippen LogP contribution < -0.4 is 14.4 Å². The van der Waals surface area contributed by atoms with Crippen molar-refractivity contribution in [2.75, 3.05) is 22.5 Å². The molecule has 146 valence electrons. The third kappa shape index (κ3) is 5.23. The number of anilines is 2. The minimum atomic E-state index is -3.67. The van der Waals surface area contributed by atoms with E-state index in [2.05, 4.69) is 5.32 Å². The fourth-order valence-electron chi connectivity index (χ4n) is 2.77. The Labute approximate surface area is 161 Å². The van der Waals surface area contributed by atoms with E-state index < -0.39 is 22.0 Å². The number of carbonyl (C=O) groups is 1. The second-order valence-corrected chi connectivity index (χ2v) is 8.33. The van der Waals surface area contributed by atoms with Crippen LogP contribution in [0.4, 0.5) is 11.4 Å². The lowest BCUT2D eigenvalue weighted by molar-refractivity contribution is -0.116. The summed E-state index contributed by atoms with van der Waals surface area (Å²) in [4.78, 5) is 12.8. The lowest BCUT2D eigenvalue weighted by Gasteiger charge is -2.28. The number of amides is 1. The molecule has 7 heteroatoms. The molecular weight excluding hydrogens is 364 g/mol. The molecule has 0 saturated heterocycles. The van der Waals surface area contributed by atoms with E-state index >= 15 is 0 Å². The summed E-state index contributed by atoms with van der Waals surface area (Å²) < 4.78 is 31.3. The van der Waals surface area contributed by atoms with Gasteiger partial charge in [-0.05, 0) is 69.2 Å². The van der Waals surface area contributed by atoms with Gasteiger partial charge in [-0.1, -0.05) is 12.1 Å². The van der Waals surface area contributed by atoms with Gasteiger partial charge < -0.3 is 10.1 Å². The first-order valence-corrected chi connectivity index (χ1v) is 10.6. The van der Waals surface area contributed by atoms with Gasteiger partial charge in [0.2, 0.25) is 15.9 Å². The van der Waals surface area contributed by atoms with Crippen LogP contribution in [0, 0.1) is 13.8 Å². The first kappa shape index (κ1) is 20.8. The van der Waals surface area contributed by atoms with Crippen LogP contribution in [0.3, 0.4) is 0 Å². The van der Waals surface area contributed by atoms with Gasteiger partial charge in [-0.15, -0.1) is 0 Å². The molecule has 0 aliphatic rings. The normalized spacial score (nSPS) is 12.3. The standard InChI is InChI=1S/C20H26N2O4S/c1-6-26-18-11-9-17(10-12-18)22(27(5,24)25)16(4)20(23)21-19-13-14(2)7-8-15(19)3/h7-13,16H,6H2,1-5H3,(H,21,23)/t16-/m0/s1. The van der Waals surface area contributed by atoms with E-state index in [9.17, 15) is 13.2 Å². The topological polar surface area (TPSA) is 75.7 Å². The number of nitrogens with one attached hydrogen (secondary N) is 1. The highest BCUT2D eigenvalue weighted by atomic mass is 32.2. The zero-order valence-corrected chi connectivity index (χ0v) is 17.1. The molecule has 1 N–H and O–H groups in total. The molecule has 0 radical (unpaired) electrons. The first-order valence-electron chi connectivity index (χ1n) is 8.74. The van der Waals surface area contributed by atoms with Crippen LogP contribution in [-0.4, -0.2) is 33.2 Å². The Morgan fingerprint density at radius 1 is 1.15 bits per heavy atom. The monoisotopic (exact) mass is 390 g/mol. The number of ether oxygens (including phenoxy) is 1. The lowest BCUT2D eigenvalue weighted by atomic mass is 10.1. The molecule has 0 aliphatic carbocycles. The summed E-state index contributed by atoms with van der Waals surface area (Å²) in [5, 5.41) is 2.84. The second-order valence-electron chi connectivity index (χ2n) is 6.47. The zero-order chi connectivity index (χ0) is 20.2. The van der Waals surface area contributed by atoms with Gasteiger partial charge >= 0.3 is 0 Å². The minimum Gasteiger partial charge on any atom is -0.494 e. The lowest BCUT2D eigenvalue weighted by Crippen LogP contribution is -2.45. The van der Waals surface area contributed by atoms with Gasteiger partial charge in [0, 0.05) is 5.69 Å². The molecule has 0 saturated carbocycles. The van der Waals surface area contributed by atoms with E-state index in [0.717, 1.165) is 21.7 Å². The van der Waals surface area contributed by atoms with Crippen molar-refractivity contribution in [2.24, 2.45) is 0 Å². The summed E-state index contributed by atoms with van der Waals surface area (Å²) in [6.45, 7) is 7.78. The summed E-state index contributed by atoms with van der Waals surface area (Å²) in [5.74, 6) is 0.241. The van der Waals surface area contributed by atoms with Gasteiger partial charge in [0.05, 0.1) is 18.6 Å². The number of hydrogen-bond acceptors (Lipinski definition) is 4. The smallest absolute Gasteiger partial charge is 0.248 e. The third-order valence-corrected chi connectivity index (χ3v) is 5.38. The Morgan fingerprint density at radius 3 is 2.33 bits per heavy atom. The highest BCUT2D eigenvalue weighted by molar-refractivity contribution is 7.92. The van der Waals surface area contributed by atoms with Crippen LogP contribution >= 0.6 is 0 Å². The number of nitrogens with zero attached hydrogens (tertiary/aromatic N) is 1. The Morgan fingerprint density at radius 2 is 1.78 bits per heavy atom. The van der Waals surface area contributed by atoms with Crippen LogP contribution in [-0.2, 0) is 14.8 Å². The number of carbonyl (C=O) groups excluding carboxylic acids is 1. The van der Waals surface area contributed by atoms with Crippen molar-refractivity contribution >= 4 is 27.3 Å². The second kappa shape index (κ2) is 8.43. The van der Waals surface area contributed by atoms with Crippen molar-refractivity contribution in [2.45, 2.75) is 33.7 Å². The van der Waals surface area contributed by atoms with Gasteiger partial charge in [0.25, 0.3) is 0 Å². The quantitative estimate of drug-likeness (QED) is 0.785. The van der Waals surface area contributed by atoms with Crippen LogP contribution in [0.2, 0.25) is 0 Å². The molecule has 0 fully saturated rings. The SMILES string of the molecule is CCOc1ccc(N([C@@H](C)C(=O)Nc2cc(C)ccc2C)S(C)(=O)=O)cc1. The molecule has 0 heterocycles. The first-order chi connectivity index (χ1) is 12.6. The van der Waals surface area contributed by atoms with Crippen molar-refractivity contribution in [1.29, 1.82) is 0 Å². The maximum atomic E-state index is 12.8. The van der Waals surface area contributed by atoms with Crippen molar-refractivity contribution in [3.63, 3.8) is 0 Å². The van der Waals surface area contributed by atoms with Gasteiger partial charge in [0.15, 0.2) is 0 Å². The fraction of sp³-hybridized carbons (Fsp3) is 0.350. The Balaban J connectivity index is 2.30. The molecular formula is C20H26N2O4S. The predicted molar refractivity (Wildman–Crippen MR) is 109 cm³/mol. The molecule has 2 aromatic rings. The maximum absolute atomic E-state index is 12.8. The Bertz CT molecular complexity index is 908. The van der Waals surface area contributed by atoms with Crippen molar-refractivity contribution in [3.05, 3.63) is 53.6 Å².